The highest BCUT2D eigenvalue weighted by molar-refractivity contribution is 6.10. The first-order valence-corrected chi connectivity index (χ1v) is 11.3. The lowest BCUT2D eigenvalue weighted by Crippen LogP contribution is -2.42. The van der Waals surface area contributed by atoms with E-state index in [-0.39, 0.29) is 18.1 Å². The Balaban J connectivity index is 1.54. The van der Waals surface area contributed by atoms with Gasteiger partial charge in [-0.05, 0) is 36.8 Å². The lowest BCUT2D eigenvalue weighted by Gasteiger charge is -2.23. The van der Waals surface area contributed by atoms with Crippen LogP contribution in [0.2, 0.25) is 0 Å². The first kappa shape index (κ1) is 20.8. The fraction of sp³-hybridized carbons (Fsp3) is 0.462. The van der Waals surface area contributed by atoms with Crippen molar-refractivity contribution in [3.8, 4) is 0 Å². The average molecular weight is 406 g/mol. The highest BCUT2D eigenvalue weighted by Crippen LogP contribution is 2.43. The van der Waals surface area contributed by atoms with Gasteiger partial charge in [-0.3, -0.25) is 9.59 Å². The number of carbonyl (C=O) groups is 2. The van der Waals surface area contributed by atoms with Crippen LogP contribution in [0.5, 0.6) is 0 Å². The number of ketones is 1. The van der Waals surface area contributed by atoms with Crippen LogP contribution in [-0.4, -0.2) is 23.3 Å². The van der Waals surface area contributed by atoms with E-state index in [0.29, 0.717) is 23.6 Å². The van der Waals surface area contributed by atoms with Crippen molar-refractivity contribution in [2.45, 2.75) is 69.8 Å². The van der Waals surface area contributed by atoms with Crippen LogP contribution in [0.3, 0.4) is 0 Å². The van der Waals surface area contributed by atoms with Crippen LogP contribution in [0.1, 0.15) is 85.7 Å². The summed E-state index contributed by atoms with van der Waals surface area (Å²) >= 11 is 0. The number of Topliss-reactive ketones (excluding diaryl/α,β-unsaturated/α-hetero) is 1. The monoisotopic (exact) mass is 405 g/mol. The van der Waals surface area contributed by atoms with Crippen molar-refractivity contribution >= 4 is 17.4 Å². The van der Waals surface area contributed by atoms with Crippen LogP contribution >= 0.6 is 0 Å². The molecule has 1 saturated carbocycles. The van der Waals surface area contributed by atoms with Crippen LogP contribution in [0.15, 0.2) is 48.5 Å². The molecule has 1 heterocycles. The molecule has 1 aliphatic heterocycles. The number of hydrogen-bond donors (Lipinski definition) is 1. The highest BCUT2D eigenvalue weighted by atomic mass is 16.3. The molecule has 2 aromatic carbocycles. The summed E-state index contributed by atoms with van der Waals surface area (Å²) < 4.78 is 0. The van der Waals surface area contributed by atoms with E-state index in [2.05, 4.69) is 6.92 Å². The molecule has 1 aliphatic carbocycles. The maximum Gasteiger partial charge on any atom is 0.264 e. The van der Waals surface area contributed by atoms with Gasteiger partial charge in [0.2, 0.25) is 0 Å². The molecule has 1 amide bonds. The zero-order valence-electron chi connectivity index (χ0n) is 17.8. The number of carbonyl (C=O) groups excluding carboxylic acids is 2. The molecular weight excluding hydrogens is 374 g/mol. The van der Waals surface area contributed by atoms with Gasteiger partial charge in [0.05, 0.1) is 12.1 Å². The minimum atomic E-state index is -1.79. The molecule has 1 N–H and O–H groups in total. The van der Waals surface area contributed by atoms with E-state index >= 15 is 0 Å². The molecule has 0 radical (unpaired) electrons. The summed E-state index contributed by atoms with van der Waals surface area (Å²) in [7, 11) is 0. The van der Waals surface area contributed by atoms with Crippen LogP contribution in [0, 0.1) is 0 Å². The van der Waals surface area contributed by atoms with Gasteiger partial charge in [0, 0.05) is 17.7 Å². The molecular formula is C26H31NO3. The molecule has 2 aromatic rings. The molecule has 2 aliphatic rings. The maximum absolute atomic E-state index is 13.1. The van der Waals surface area contributed by atoms with E-state index in [4.69, 9.17) is 0 Å². The normalized spacial score (nSPS) is 21.7. The topological polar surface area (TPSA) is 57.6 Å². The number of para-hydroxylation sites is 1. The van der Waals surface area contributed by atoms with Crippen molar-refractivity contribution in [2.75, 3.05) is 11.4 Å². The number of hydrogen-bond acceptors (Lipinski definition) is 3. The second kappa shape index (κ2) is 8.73. The Labute approximate surface area is 178 Å². The van der Waals surface area contributed by atoms with Gasteiger partial charge in [-0.25, -0.2) is 0 Å². The Morgan fingerprint density at radius 3 is 2.47 bits per heavy atom. The van der Waals surface area contributed by atoms with Crippen molar-refractivity contribution in [3.05, 3.63) is 65.2 Å². The number of aliphatic hydroxyl groups is 1. The predicted molar refractivity (Wildman–Crippen MR) is 119 cm³/mol. The van der Waals surface area contributed by atoms with Crippen LogP contribution < -0.4 is 4.90 Å². The molecule has 0 saturated heterocycles. The second-order valence-corrected chi connectivity index (χ2v) is 8.74. The molecule has 1 fully saturated rings. The van der Waals surface area contributed by atoms with Gasteiger partial charge in [0.15, 0.2) is 11.4 Å². The van der Waals surface area contributed by atoms with E-state index < -0.39 is 5.60 Å². The van der Waals surface area contributed by atoms with Crippen LogP contribution in [0.4, 0.5) is 5.69 Å². The summed E-state index contributed by atoms with van der Waals surface area (Å²) in [5, 5.41) is 11.4. The van der Waals surface area contributed by atoms with Gasteiger partial charge >= 0.3 is 0 Å². The Bertz CT molecular complexity index is 914. The molecule has 4 rings (SSSR count). The maximum atomic E-state index is 13.1. The standard InChI is InChI=1S/C26H31NO3/c1-2-3-17-27-23-12-8-7-11-22(23)26(30,25(27)29)18-24(28)21-15-13-20(14-16-21)19-9-5-4-6-10-19/h7-8,11-16,19,30H,2-6,9-10,17-18H2,1H3/t26-/m1/s1. The fourth-order valence-corrected chi connectivity index (χ4v) is 4.93. The summed E-state index contributed by atoms with van der Waals surface area (Å²) in [6, 6.07) is 15.1. The summed E-state index contributed by atoms with van der Waals surface area (Å²) in [4.78, 5) is 27.8. The lowest BCUT2D eigenvalue weighted by molar-refractivity contribution is -0.135. The highest BCUT2D eigenvalue weighted by Gasteiger charge is 2.50. The van der Waals surface area contributed by atoms with Crippen LogP contribution in [0.25, 0.3) is 0 Å². The molecule has 0 spiro atoms. The minimum Gasteiger partial charge on any atom is -0.375 e. The number of nitrogens with zero attached hydrogens (tertiary/aromatic N) is 1. The molecule has 1 atom stereocenters. The van der Waals surface area contributed by atoms with E-state index in [1.54, 1.807) is 11.0 Å². The van der Waals surface area contributed by atoms with Gasteiger partial charge in [-0.15, -0.1) is 0 Å². The predicted octanol–water partition coefficient (Wildman–Crippen LogP) is 5.34. The molecule has 4 heteroatoms. The van der Waals surface area contributed by atoms with Crippen molar-refractivity contribution in [1.29, 1.82) is 0 Å². The van der Waals surface area contributed by atoms with Gasteiger partial charge in [0.25, 0.3) is 5.91 Å². The molecule has 0 aromatic heterocycles. The first-order chi connectivity index (χ1) is 14.5. The summed E-state index contributed by atoms with van der Waals surface area (Å²) in [5.74, 6) is 0.0000104. The quantitative estimate of drug-likeness (QED) is 0.633. The van der Waals surface area contributed by atoms with Gasteiger partial charge in [-0.1, -0.05) is 75.1 Å². The number of fused-ring (bicyclic) bond motifs is 1. The largest absolute Gasteiger partial charge is 0.375 e. The molecule has 0 unspecified atom stereocenters. The third kappa shape index (κ3) is 3.81. The number of benzene rings is 2. The zero-order chi connectivity index (χ0) is 21.1. The molecule has 0 bridgehead atoms. The minimum absolute atomic E-state index is 0.201. The van der Waals surface area contributed by atoms with E-state index in [1.807, 2.05) is 42.5 Å². The van der Waals surface area contributed by atoms with Crippen molar-refractivity contribution in [2.24, 2.45) is 0 Å². The Kier molecular flexibility index (Phi) is 6.05. The van der Waals surface area contributed by atoms with Crippen molar-refractivity contribution < 1.29 is 14.7 Å². The fourth-order valence-electron chi connectivity index (χ4n) is 4.93. The molecule has 30 heavy (non-hydrogen) atoms. The van der Waals surface area contributed by atoms with Gasteiger partial charge < -0.3 is 10.0 Å². The van der Waals surface area contributed by atoms with E-state index in [9.17, 15) is 14.7 Å². The third-order valence-corrected chi connectivity index (χ3v) is 6.70. The molecule has 158 valence electrons. The number of unbranched alkanes of at least 4 members (excludes halogenated alkanes) is 1. The van der Waals surface area contributed by atoms with Gasteiger partial charge in [0.1, 0.15) is 0 Å². The Morgan fingerprint density at radius 1 is 1.07 bits per heavy atom. The lowest BCUT2D eigenvalue weighted by atomic mass is 9.83. The van der Waals surface area contributed by atoms with E-state index in [1.165, 1.54) is 37.7 Å². The van der Waals surface area contributed by atoms with Gasteiger partial charge in [-0.2, -0.15) is 0 Å². The van der Waals surface area contributed by atoms with Crippen LogP contribution in [-0.2, 0) is 10.4 Å². The summed E-state index contributed by atoms with van der Waals surface area (Å²) in [5.41, 5.74) is 1.32. The van der Waals surface area contributed by atoms with Crippen molar-refractivity contribution in [1.82, 2.24) is 0 Å². The second-order valence-electron chi connectivity index (χ2n) is 8.74. The third-order valence-electron chi connectivity index (χ3n) is 6.70. The van der Waals surface area contributed by atoms with E-state index in [0.717, 1.165) is 18.5 Å². The summed E-state index contributed by atoms with van der Waals surface area (Å²) in [6.07, 6.45) is 7.87. The smallest absolute Gasteiger partial charge is 0.264 e. The van der Waals surface area contributed by atoms with Crippen molar-refractivity contribution in [3.63, 3.8) is 0 Å². The molecule has 4 nitrogen and oxygen atoms in total. The Hall–Kier alpha value is -2.46. The SMILES string of the molecule is CCCCN1C(=O)[C@@](O)(CC(=O)c2ccc(C3CCCCC3)cc2)c2ccccc21. The number of anilines is 1. The Morgan fingerprint density at radius 2 is 1.77 bits per heavy atom. The average Bonchev–Trinajstić information content (AvgIpc) is 3.00. The first-order valence-electron chi connectivity index (χ1n) is 11.3. The number of amides is 1. The zero-order valence-corrected chi connectivity index (χ0v) is 17.8. The summed E-state index contributed by atoms with van der Waals surface area (Å²) in [6.45, 7) is 2.62. The number of rotatable bonds is 7.